The number of methoxy groups -OCH3 is 1. The molecule has 8 heteroatoms. The molecule has 0 N–H and O–H groups in total. The summed E-state index contributed by atoms with van der Waals surface area (Å²) in [6.07, 6.45) is 0. The van der Waals surface area contributed by atoms with Crippen molar-refractivity contribution in [1.82, 2.24) is 4.90 Å². The SMILES string of the molecule is COc1ccc(Cl)cc1CN(C)C(=O)c1cc([N+](=O)[O-])ccc1Cl. The van der Waals surface area contributed by atoms with Crippen molar-refractivity contribution < 1.29 is 14.5 Å². The number of nitro groups is 1. The summed E-state index contributed by atoms with van der Waals surface area (Å²) in [5.74, 6) is 0.148. The third-order valence-electron chi connectivity index (χ3n) is 3.39. The minimum atomic E-state index is -0.576. The second-order valence-corrected chi connectivity index (χ2v) is 5.88. The summed E-state index contributed by atoms with van der Waals surface area (Å²) in [5, 5.41) is 11.5. The second-order valence-electron chi connectivity index (χ2n) is 5.04. The average molecular weight is 369 g/mol. The van der Waals surface area contributed by atoms with Gasteiger partial charge in [-0.05, 0) is 24.3 Å². The fraction of sp³-hybridized carbons (Fsp3) is 0.188. The number of rotatable bonds is 5. The fourth-order valence-corrected chi connectivity index (χ4v) is 2.59. The van der Waals surface area contributed by atoms with Crippen molar-refractivity contribution in [3.63, 3.8) is 0 Å². The summed E-state index contributed by atoms with van der Waals surface area (Å²) in [6, 6.07) is 8.83. The van der Waals surface area contributed by atoms with Gasteiger partial charge in [-0.15, -0.1) is 0 Å². The maximum atomic E-state index is 12.6. The van der Waals surface area contributed by atoms with E-state index < -0.39 is 10.8 Å². The first-order chi connectivity index (χ1) is 11.3. The zero-order chi connectivity index (χ0) is 17.9. The van der Waals surface area contributed by atoms with Gasteiger partial charge in [0, 0.05) is 36.3 Å². The van der Waals surface area contributed by atoms with E-state index in [9.17, 15) is 14.9 Å². The van der Waals surface area contributed by atoms with E-state index in [1.807, 2.05) is 0 Å². The predicted molar refractivity (Wildman–Crippen MR) is 91.9 cm³/mol. The van der Waals surface area contributed by atoms with E-state index in [1.165, 1.54) is 24.1 Å². The maximum Gasteiger partial charge on any atom is 0.270 e. The van der Waals surface area contributed by atoms with Crippen molar-refractivity contribution >= 4 is 34.8 Å². The number of amides is 1. The molecule has 0 saturated heterocycles. The van der Waals surface area contributed by atoms with E-state index in [-0.39, 0.29) is 22.8 Å². The monoisotopic (exact) mass is 368 g/mol. The first-order valence-electron chi connectivity index (χ1n) is 6.85. The second kappa shape index (κ2) is 7.51. The lowest BCUT2D eigenvalue weighted by atomic mass is 10.1. The van der Waals surface area contributed by atoms with Crippen LogP contribution in [0.5, 0.6) is 5.75 Å². The predicted octanol–water partition coefficient (Wildman–Crippen LogP) is 4.18. The summed E-state index contributed by atoms with van der Waals surface area (Å²) in [7, 11) is 3.09. The number of carbonyl (C=O) groups excluding carboxylic acids is 1. The highest BCUT2D eigenvalue weighted by Crippen LogP contribution is 2.26. The smallest absolute Gasteiger partial charge is 0.270 e. The van der Waals surface area contributed by atoms with Crippen LogP contribution < -0.4 is 4.74 Å². The Balaban J connectivity index is 2.29. The van der Waals surface area contributed by atoms with Gasteiger partial charge in [-0.25, -0.2) is 0 Å². The number of non-ortho nitro benzene ring substituents is 1. The van der Waals surface area contributed by atoms with Gasteiger partial charge >= 0.3 is 0 Å². The van der Waals surface area contributed by atoms with E-state index in [0.29, 0.717) is 16.3 Å². The minimum Gasteiger partial charge on any atom is -0.496 e. The Bertz CT molecular complexity index is 796. The molecule has 0 radical (unpaired) electrons. The van der Waals surface area contributed by atoms with Crippen molar-refractivity contribution in [2.75, 3.05) is 14.2 Å². The molecule has 1 amide bonds. The summed E-state index contributed by atoms with van der Waals surface area (Å²) in [4.78, 5) is 24.3. The van der Waals surface area contributed by atoms with Crippen molar-refractivity contribution in [3.05, 3.63) is 67.7 Å². The van der Waals surface area contributed by atoms with Crippen LogP contribution in [0.1, 0.15) is 15.9 Å². The van der Waals surface area contributed by atoms with Crippen LogP contribution in [0.3, 0.4) is 0 Å². The molecule has 2 rings (SSSR count). The van der Waals surface area contributed by atoms with Gasteiger partial charge in [0.25, 0.3) is 11.6 Å². The van der Waals surface area contributed by atoms with Crippen molar-refractivity contribution in [1.29, 1.82) is 0 Å². The number of hydrogen-bond acceptors (Lipinski definition) is 4. The summed E-state index contributed by atoms with van der Waals surface area (Å²) in [6.45, 7) is 0.210. The summed E-state index contributed by atoms with van der Waals surface area (Å²) in [5.41, 5.74) is 0.577. The van der Waals surface area contributed by atoms with Gasteiger partial charge in [-0.3, -0.25) is 14.9 Å². The Hall–Kier alpha value is -2.31. The van der Waals surface area contributed by atoms with E-state index in [0.717, 1.165) is 6.07 Å². The molecule has 24 heavy (non-hydrogen) atoms. The molecule has 0 unspecified atom stereocenters. The molecular weight excluding hydrogens is 355 g/mol. The highest BCUT2D eigenvalue weighted by Gasteiger charge is 2.20. The largest absolute Gasteiger partial charge is 0.496 e. The van der Waals surface area contributed by atoms with Crippen molar-refractivity contribution in [2.24, 2.45) is 0 Å². The molecule has 0 fully saturated rings. The van der Waals surface area contributed by atoms with E-state index >= 15 is 0 Å². The van der Waals surface area contributed by atoms with Crippen LogP contribution in [0.4, 0.5) is 5.69 Å². The van der Waals surface area contributed by atoms with Crippen molar-refractivity contribution in [3.8, 4) is 5.75 Å². The lowest BCUT2D eigenvalue weighted by Gasteiger charge is -2.19. The Morgan fingerprint density at radius 1 is 1.25 bits per heavy atom. The number of nitrogens with zero attached hydrogens (tertiary/aromatic N) is 2. The quantitative estimate of drug-likeness (QED) is 0.585. The van der Waals surface area contributed by atoms with Gasteiger partial charge in [0.1, 0.15) is 5.75 Å². The normalized spacial score (nSPS) is 10.3. The molecule has 0 spiro atoms. The maximum absolute atomic E-state index is 12.6. The molecule has 0 bridgehead atoms. The Kier molecular flexibility index (Phi) is 5.64. The molecule has 0 aliphatic rings. The number of hydrogen-bond donors (Lipinski definition) is 0. The summed E-state index contributed by atoms with van der Waals surface area (Å²) >= 11 is 12.0. The molecule has 0 aliphatic heterocycles. The van der Waals surface area contributed by atoms with Gasteiger partial charge in [-0.2, -0.15) is 0 Å². The van der Waals surface area contributed by atoms with Crippen LogP contribution >= 0.6 is 23.2 Å². The molecule has 2 aromatic carbocycles. The number of ether oxygens (including phenoxy) is 1. The molecule has 0 aliphatic carbocycles. The van der Waals surface area contributed by atoms with Crippen LogP contribution in [-0.4, -0.2) is 29.9 Å². The molecule has 0 atom stereocenters. The molecular formula is C16H14Cl2N2O4. The number of nitro benzene ring substituents is 1. The van der Waals surface area contributed by atoms with Crippen LogP contribution in [-0.2, 0) is 6.54 Å². The van der Waals surface area contributed by atoms with Gasteiger partial charge in [-0.1, -0.05) is 23.2 Å². The Morgan fingerprint density at radius 2 is 1.96 bits per heavy atom. The first-order valence-corrected chi connectivity index (χ1v) is 7.61. The Labute approximate surface area is 148 Å². The molecule has 0 heterocycles. The van der Waals surface area contributed by atoms with Crippen LogP contribution in [0.2, 0.25) is 10.0 Å². The third-order valence-corrected chi connectivity index (χ3v) is 3.95. The lowest BCUT2D eigenvalue weighted by molar-refractivity contribution is -0.384. The zero-order valence-corrected chi connectivity index (χ0v) is 14.5. The van der Waals surface area contributed by atoms with Gasteiger partial charge in [0.05, 0.1) is 22.6 Å². The van der Waals surface area contributed by atoms with E-state index in [2.05, 4.69) is 0 Å². The standard InChI is InChI=1S/C16H14Cl2N2O4/c1-19(9-10-7-11(17)3-6-15(10)24-2)16(21)13-8-12(20(22)23)4-5-14(13)18/h3-8H,9H2,1-2H3. The number of halogens is 2. The molecule has 126 valence electrons. The third kappa shape index (κ3) is 3.96. The number of carbonyl (C=O) groups is 1. The van der Waals surface area contributed by atoms with E-state index in [1.54, 1.807) is 25.2 Å². The van der Waals surface area contributed by atoms with E-state index in [4.69, 9.17) is 27.9 Å². The average Bonchev–Trinajstić information content (AvgIpc) is 2.54. The summed E-state index contributed by atoms with van der Waals surface area (Å²) < 4.78 is 5.25. The van der Waals surface area contributed by atoms with Crippen LogP contribution in [0.25, 0.3) is 0 Å². The van der Waals surface area contributed by atoms with Gasteiger partial charge in [0.15, 0.2) is 0 Å². The first kappa shape index (κ1) is 18.0. The topological polar surface area (TPSA) is 72.7 Å². The molecule has 0 aromatic heterocycles. The van der Waals surface area contributed by atoms with Crippen LogP contribution in [0, 0.1) is 10.1 Å². The molecule has 2 aromatic rings. The van der Waals surface area contributed by atoms with Gasteiger partial charge in [0.2, 0.25) is 0 Å². The molecule has 6 nitrogen and oxygen atoms in total. The highest BCUT2D eigenvalue weighted by molar-refractivity contribution is 6.34. The fourth-order valence-electron chi connectivity index (χ4n) is 2.19. The van der Waals surface area contributed by atoms with Crippen molar-refractivity contribution in [2.45, 2.75) is 6.54 Å². The van der Waals surface area contributed by atoms with Gasteiger partial charge < -0.3 is 9.64 Å². The minimum absolute atomic E-state index is 0.0642. The highest BCUT2D eigenvalue weighted by atomic mass is 35.5. The molecule has 0 saturated carbocycles. The van der Waals surface area contributed by atoms with Crippen LogP contribution in [0.15, 0.2) is 36.4 Å². The lowest BCUT2D eigenvalue weighted by Crippen LogP contribution is -2.26. The number of benzene rings is 2. The Morgan fingerprint density at radius 3 is 2.58 bits per heavy atom. The zero-order valence-electron chi connectivity index (χ0n) is 13.0.